The first-order chi connectivity index (χ1) is 10.1. The molecular formula is C16H17BrN4. The van der Waals surface area contributed by atoms with Crippen molar-refractivity contribution in [1.29, 1.82) is 0 Å². The van der Waals surface area contributed by atoms with Crippen LogP contribution < -0.4 is 5.32 Å². The van der Waals surface area contributed by atoms with Crippen LogP contribution in [0.1, 0.15) is 29.8 Å². The Balaban J connectivity index is 1.72. The molecule has 0 fully saturated rings. The van der Waals surface area contributed by atoms with E-state index in [9.17, 15) is 0 Å². The molecule has 0 unspecified atom stereocenters. The number of nitrogens with zero attached hydrogens (tertiary/aromatic N) is 3. The Bertz CT molecular complexity index is 766. The maximum atomic E-state index is 4.42. The highest BCUT2D eigenvalue weighted by atomic mass is 79.9. The largest absolute Gasteiger partial charge is 0.306 e. The monoisotopic (exact) mass is 344 g/mol. The molecule has 0 aliphatic heterocycles. The minimum absolute atomic E-state index is 0.260. The molecule has 3 rings (SSSR count). The quantitative estimate of drug-likeness (QED) is 0.785. The molecule has 0 aliphatic carbocycles. The van der Waals surface area contributed by atoms with Gasteiger partial charge >= 0.3 is 0 Å². The van der Waals surface area contributed by atoms with E-state index < -0.39 is 0 Å². The molecule has 21 heavy (non-hydrogen) atoms. The van der Waals surface area contributed by atoms with Gasteiger partial charge in [-0.25, -0.2) is 9.50 Å². The Hall–Kier alpha value is -1.72. The number of hydrogen-bond donors (Lipinski definition) is 1. The second kappa shape index (κ2) is 5.95. The third-order valence-electron chi connectivity index (χ3n) is 3.47. The van der Waals surface area contributed by atoms with Gasteiger partial charge in [-0.05, 0) is 25.5 Å². The Morgan fingerprint density at radius 2 is 2.14 bits per heavy atom. The van der Waals surface area contributed by atoms with Crippen molar-refractivity contribution < 1.29 is 0 Å². The minimum atomic E-state index is 0.260. The van der Waals surface area contributed by atoms with Gasteiger partial charge in [0.05, 0.1) is 5.69 Å². The van der Waals surface area contributed by atoms with Crippen LogP contribution in [0.3, 0.4) is 0 Å². The van der Waals surface area contributed by atoms with Crippen molar-refractivity contribution >= 4 is 21.6 Å². The molecule has 0 aliphatic rings. The van der Waals surface area contributed by atoms with E-state index in [1.807, 2.05) is 36.0 Å². The molecule has 5 heteroatoms. The average Bonchev–Trinajstić information content (AvgIpc) is 2.84. The van der Waals surface area contributed by atoms with Crippen LogP contribution in [0.15, 0.2) is 47.2 Å². The van der Waals surface area contributed by atoms with Crippen LogP contribution >= 0.6 is 15.9 Å². The molecule has 0 bridgehead atoms. The van der Waals surface area contributed by atoms with E-state index >= 15 is 0 Å². The molecule has 2 aromatic heterocycles. The first-order valence-corrected chi connectivity index (χ1v) is 7.71. The molecular weight excluding hydrogens is 328 g/mol. The van der Waals surface area contributed by atoms with E-state index in [1.54, 1.807) is 0 Å². The number of halogens is 1. The van der Waals surface area contributed by atoms with Gasteiger partial charge in [-0.3, -0.25) is 0 Å². The summed E-state index contributed by atoms with van der Waals surface area (Å²) < 4.78 is 2.96. The number of aromatic nitrogens is 3. The van der Waals surface area contributed by atoms with Gasteiger partial charge < -0.3 is 5.32 Å². The third-order valence-corrected chi connectivity index (χ3v) is 4.20. The molecule has 4 nitrogen and oxygen atoms in total. The highest BCUT2D eigenvalue weighted by Crippen LogP contribution is 2.22. The first kappa shape index (κ1) is 14.2. The van der Waals surface area contributed by atoms with Crippen molar-refractivity contribution in [3.8, 4) is 0 Å². The number of fused-ring (bicyclic) bond motifs is 1. The van der Waals surface area contributed by atoms with Gasteiger partial charge in [0.25, 0.3) is 0 Å². The molecule has 3 aromatic rings. The summed E-state index contributed by atoms with van der Waals surface area (Å²) in [6.07, 6.45) is 3.92. The summed E-state index contributed by atoms with van der Waals surface area (Å²) in [6.45, 7) is 4.88. The van der Waals surface area contributed by atoms with Crippen LogP contribution in [0, 0.1) is 6.92 Å². The average molecular weight is 345 g/mol. The third kappa shape index (κ3) is 3.14. The zero-order valence-electron chi connectivity index (χ0n) is 12.0. The van der Waals surface area contributed by atoms with Gasteiger partial charge in [-0.2, -0.15) is 5.10 Å². The lowest BCUT2D eigenvalue weighted by molar-refractivity contribution is 0.570. The van der Waals surface area contributed by atoms with Crippen molar-refractivity contribution in [3.05, 3.63) is 64.0 Å². The minimum Gasteiger partial charge on any atom is -0.306 e. The van der Waals surface area contributed by atoms with Crippen LogP contribution in [0.2, 0.25) is 0 Å². The second-order valence-electron chi connectivity index (χ2n) is 5.17. The molecule has 0 radical (unpaired) electrons. The lowest BCUT2D eigenvalue weighted by atomic mass is 10.1. The zero-order chi connectivity index (χ0) is 14.8. The fourth-order valence-electron chi connectivity index (χ4n) is 2.33. The molecule has 0 spiro atoms. The van der Waals surface area contributed by atoms with E-state index in [1.165, 1.54) is 5.56 Å². The Morgan fingerprint density at radius 3 is 2.95 bits per heavy atom. The highest BCUT2D eigenvalue weighted by molar-refractivity contribution is 9.10. The Labute approximate surface area is 132 Å². The fraction of sp³-hybridized carbons (Fsp3) is 0.250. The standard InChI is InChI=1S/C16H17BrN4/c1-11-7-16-19-9-13(10-21(16)20-11)8-18-12(2)14-5-3-4-6-15(14)17/h3-7,9-10,12,18H,8H2,1-2H3/t12-/m1/s1. The molecule has 108 valence electrons. The first-order valence-electron chi connectivity index (χ1n) is 6.92. The number of aryl methyl sites for hydroxylation is 1. The van der Waals surface area contributed by atoms with Gasteiger partial charge in [-0.1, -0.05) is 34.1 Å². The van der Waals surface area contributed by atoms with Crippen molar-refractivity contribution in [2.75, 3.05) is 0 Å². The molecule has 0 saturated carbocycles. The normalized spacial score (nSPS) is 12.7. The van der Waals surface area contributed by atoms with E-state index in [-0.39, 0.29) is 6.04 Å². The number of benzene rings is 1. The highest BCUT2D eigenvalue weighted by Gasteiger charge is 2.08. The predicted molar refractivity (Wildman–Crippen MR) is 87.1 cm³/mol. The van der Waals surface area contributed by atoms with Crippen LogP contribution in [-0.2, 0) is 6.54 Å². The maximum absolute atomic E-state index is 4.42. The molecule has 0 saturated heterocycles. The summed E-state index contributed by atoms with van der Waals surface area (Å²) in [5.74, 6) is 0. The van der Waals surface area contributed by atoms with Crippen molar-refractivity contribution in [2.24, 2.45) is 0 Å². The lowest BCUT2D eigenvalue weighted by Gasteiger charge is -2.15. The van der Waals surface area contributed by atoms with Gasteiger partial charge in [-0.15, -0.1) is 0 Å². The summed E-state index contributed by atoms with van der Waals surface area (Å²) in [5, 5.41) is 7.91. The lowest BCUT2D eigenvalue weighted by Crippen LogP contribution is -2.18. The number of rotatable bonds is 4. The van der Waals surface area contributed by atoms with Gasteiger partial charge in [0.15, 0.2) is 5.65 Å². The molecule has 0 amide bonds. The maximum Gasteiger partial charge on any atom is 0.155 e. The van der Waals surface area contributed by atoms with E-state index in [0.717, 1.165) is 27.9 Å². The van der Waals surface area contributed by atoms with E-state index in [4.69, 9.17) is 0 Å². The van der Waals surface area contributed by atoms with Gasteiger partial charge in [0, 0.05) is 41.1 Å². The van der Waals surface area contributed by atoms with E-state index in [0.29, 0.717) is 0 Å². The van der Waals surface area contributed by atoms with Crippen LogP contribution in [0.25, 0.3) is 5.65 Å². The molecule has 1 N–H and O–H groups in total. The molecule has 1 atom stereocenters. The van der Waals surface area contributed by atoms with Crippen LogP contribution in [0.4, 0.5) is 0 Å². The summed E-state index contributed by atoms with van der Waals surface area (Å²) in [5.41, 5.74) is 4.23. The molecule has 2 heterocycles. The number of nitrogens with one attached hydrogen (secondary N) is 1. The van der Waals surface area contributed by atoms with E-state index in [2.05, 4.69) is 56.5 Å². The van der Waals surface area contributed by atoms with Crippen molar-refractivity contribution in [1.82, 2.24) is 19.9 Å². The Kier molecular flexibility index (Phi) is 4.03. The summed E-state index contributed by atoms with van der Waals surface area (Å²) in [4.78, 5) is 4.42. The van der Waals surface area contributed by atoms with Gasteiger partial charge in [0.2, 0.25) is 0 Å². The van der Waals surface area contributed by atoms with Crippen LogP contribution in [-0.4, -0.2) is 14.6 Å². The smallest absolute Gasteiger partial charge is 0.155 e. The Morgan fingerprint density at radius 1 is 1.33 bits per heavy atom. The predicted octanol–water partition coefficient (Wildman–Crippen LogP) is 3.65. The summed E-state index contributed by atoms with van der Waals surface area (Å²) in [7, 11) is 0. The summed E-state index contributed by atoms with van der Waals surface area (Å²) in [6, 6.07) is 10.5. The number of hydrogen-bond acceptors (Lipinski definition) is 3. The van der Waals surface area contributed by atoms with Gasteiger partial charge in [0.1, 0.15) is 0 Å². The SMILES string of the molecule is Cc1cc2ncc(CN[C@H](C)c3ccccc3Br)cn2n1. The second-order valence-corrected chi connectivity index (χ2v) is 6.03. The zero-order valence-corrected chi connectivity index (χ0v) is 13.6. The molecule has 1 aromatic carbocycles. The fourth-order valence-corrected chi connectivity index (χ4v) is 2.96. The topological polar surface area (TPSA) is 42.2 Å². The van der Waals surface area contributed by atoms with Crippen molar-refractivity contribution in [2.45, 2.75) is 26.4 Å². The van der Waals surface area contributed by atoms with Crippen molar-refractivity contribution in [3.63, 3.8) is 0 Å². The van der Waals surface area contributed by atoms with Crippen LogP contribution in [0.5, 0.6) is 0 Å². The summed E-state index contributed by atoms with van der Waals surface area (Å²) >= 11 is 3.59.